The molecule has 0 aliphatic heterocycles. The van der Waals surface area contributed by atoms with Crippen LogP contribution in [0.15, 0.2) is 53.3 Å². The molecule has 0 aromatic heterocycles. The van der Waals surface area contributed by atoms with Gasteiger partial charge in [-0.25, -0.2) is 0 Å². The number of rotatable bonds is 0. The monoisotopic (exact) mass is 234 g/mol. The topological polar surface area (TPSA) is 17.1 Å². The SMILES string of the molecule is Cc1c#cc#cc(C)cccc(=O)ccccc1. The first-order valence-corrected chi connectivity index (χ1v) is 5.61. The molecule has 0 aliphatic carbocycles. The van der Waals surface area contributed by atoms with Gasteiger partial charge in [0.1, 0.15) is 0 Å². The summed E-state index contributed by atoms with van der Waals surface area (Å²) in [6.07, 6.45) is 0. The Morgan fingerprint density at radius 1 is 0.722 bits per heavy atom. The molecular formula is C17H14O. The fourth-order valence-electron chi connectivity index (χ4n) is 1.10. The summed E-state index contributed by atoms with van der Waals surface area (Å²) < 4.78 is 0. The minimum atomic E-state index is -0.0523. The first-order chi connectivity index (χ1) is 8.68. The van der Waals surface area contributed by atoms with Gasteiger partial charge in [-0.15, -0.1) is 0 Å². The molecule has 0 N–H and O–H groups in total. The molecule has 0 radical (unpaired) electrons. The van der Waals surface area contributed by atoms with Gasteiger partial charge in [-0.1, -0.05) is 48.5 Å². The third kappa shape index (κ3) is 6.16. The largest absolute Gasteiger partial charge is 0.290 e. The molecular weight excluding hydrogens is 220 g/mol. The third-order valence-corrected chi connectivity index (χ3v) is 2.02. The van der Waals surface area contributed by atoms with Crippen molar-refractivity contribution in [2.45, 2.75) is 13.8 Å². The number of aryl methyl sites for hydroxylation is 2. The van der Waals surface area contributed by atoms with Gasteiger partial charge in [0, 0.05) is 0 Å². The summed E-state index contributed by atoms with van der Waals surface area (Å²) in [5, 5.41) is 0. The molecule has 0 unspecified atom stereocenters. The van der Waals surface area contributed by atoms with Crippen molar-refractivity contribution in [1.82, 2.24) is 0 Å². The molecule has 1 aromatic rings. The van der Waals surface area contributed by atoms with Crippen LogP contribution in [0.5, 0.6) is 0 Å². The van der Waals surface area contributed by atoms with Gasteiger partial charge in [-0.05, 0) is 49.2 Å². The van der Waals surface area contributed by atoms with E-state index in [9.17, 15) is 4.79 Å². The lowest BCUT2D eigenvalue weighted by atomic mass is 10.3. The first kappa shape index (κ1) is 13.6. The van der Waals surface area contributed by atoms with Crippen LogP contribution >= 0.6 is 0 Å². The minimum Gasteiger partial charge on any atom is -0.290 e. The predicted molar refractivity (Wildman–Crippen MR) is 72.8 cm³/mol. The van der Waals surface area contributed by atoms with E-state index in [1.165, 1.54) is 12.1 Å². The van der Waals surface area contributed by atoms with Crippen molar-refractivity contribution in [3.8, 4) is 0 Å². The maximum absolute atomic E-state index is 11.4. The van der Waals surface area contributed by atoms with Crippen LogP contribution in [0.2, 0.25) is 0 Å². The van der Waals surface area contributed by atoms with Crippen molar-refractivity contribution in [1.29, 1.82) is 0 Å². The van der Waals surface area contributed by atoms with Crippen molar-refractivity contribution >= 4 is 0 Å². The maximum Gasteiger partial charge on any atom is 0.178 e. The average Bonchev–Trinajstić information content (AvgIpc) is 2.34. The van der Waals surface area contributed by atoms with Crippen LogP contribution in [0.3, 0.4) is 0 Å². The smallest absolute Gasteiger partial charge is 0.178 e. The highest BCUT2D eigenvalue weighted by Gasteiger charge is 1.72. The molecule has 0 bridgehead atoms. The third-order valence-electron chi connectivity index (χ3n) is 2.02. The van der Waals surface area contributed by atoms with Gasteiger partial charge < -0.3 is 0 Å². The minimum absolute atomic E-state index is 0.0523. The lowest BCUT2D eigenvalue weighted by Gasteiger charge is -1.73. The maximum atomic E-state index is 11.4. The van der Waals surface area contributed by atoms with Gasteiger partial charge in [0.2, 0.25) is 0 Å². The predicted octanol–water partition coefficient (Wildman–Crippen LogP) is 3.11. The molecule has 1 heteroatoms. The van der Waals surface area contributed by atoms with Crippen molar-refractivity contribution in [2.75, 3.05) is 0 Å². The van der Waals surface area contributed by atoms with E-state index >= 15 is 0 Å². The van der Waals surface area contributed by atoms with Gasteiger partial charge in [0.05, 0.1) is 0 Å². The summed E-state index contributed by atoms with van der Waals surface area (Å²) in [5.41, 5.74) is 1.74. The van der Waals surface area contributed by atoms with E-state index in [1.54, 1.807) is 24.3 Å². The van der Waals surface area contributed by atoms with E-state index in [0.29, 0.717) is 0 Å². The zero-order valence-corrected chi connectivity index (χ0v) is 10.5. The summed E-state index contributed by atoms with van der Waals surface area (Å²) in [4.78, 5) is 11.4. The van der Waals surface area contributed by atoms with Crippen molar-refractivity contribution in [3.05, 3.63) is 94.1 Å². The van der Waals surface area contributed by atoms with Gasteiger partial charge in [-0.2, -0.15) is 0 Å². The van der Waals surface area contributed by atoms with Gasteiger partial charge in [0.25, 0.3) is 0 Å². The quantitative estimate of drug-likeness (QED) is 0.674. The van der Waals surface area contributed by atoms with Gasteiger partial charge in [-0.3, -0.25) is 4.79 Å². The molecule has 0 atom stereocenters. The number of hydrogen-bond acceptors (Lipinski definition) is 1. The normalized spacial score (nSPS) is 7.89. The summed E-state index contributed by atoms with van der Waals surface area (Å²) >= 11 is 0. The Hall–Kier alpha value is -2.51. The fourth-order valence-corrected chi connectivity index (χ4v) is 1.10. The fraction of sp³-hybridized carbons (Fsp3) is 0.118. The van der Waals surface area contributed by atoms with Crippen LogP contribution in [0.25, 0.3) is 0 Å². The summed E-state index contributed by atoms with van der Waals surface area (Å²) in [6.45, 7) is 3.79. The lowest BCUT2D eigenvalue weighted by molar-refractivity contribution is 1.50. The van der Waals surface area contributed by atoms with E-state index in [1.807, 2.05) is 26.0 Å². The van der Waals surface area contributed by atoms with Gasteiger partial charge in [0.15, 0.2) is 5.43 Å². The molecule has 0 saturated heterocycles. The van der Waals surface area contributed by atoms with Crippen LogP contribution in [-0.2, 0) is 0 Å². The lowest BCUT2D eigenvalue weighted by Crippen LogP contribution is -1.88. The molecule has 1 nitrogen and oxygen atoms in total. The number of hydrogen-bond donors (Lipinski definition) is 0. The van der Waals surface area contributed by atoms with Crippen molar-refractivity contribution in [3.63, 3.8) is 0 Å². The van der Waals surface area contributed by atoms with E-state index in [2.05, 4.69) is 24.3 Å². The van der Waals surface area contributed by atoms with E-state index in [-0.39, 0.29) is 5.43 Å². The highest BCUT2D eigenvalue weighted by atomic mass is 16.1. The molecule has 0 heterocycles. The Morgan fingerprint density at radius 2 is 1.22 bits per heavy atom. The Bertz CT molecular complexity index is 559. The second-order valence-corrected chi connectivity index (χ2v) is 3.70. The Labute approximate surface area is 108 Å². The molecule has 18 heavy (non-hydrogen) atoms. The molecule has 0 amide bonds. The second kappa shape index (κ2) is 7.71. The van der Waals surface area contributed by atoms with Crippen LogP contribution in [0.1, 0.15) is 11.1 Å². The zero-order valence-electron chi connectivity index (χ0n) is 10.5. The Balaban J connectivity index is 3.37. The van der Waals surface area contributed by atoms with Crippen molar-refractivity contribution in [2.24, 2.45) is 0 Å². The molecule has 0 spiro atoms. The van der Waals surface area contributed by atoms with E-state index in [4.69, 9.17) is 0 Å². The Kier molecular flexibility index (Phi) is 5.81. The molecule has 1 aromatic carbocycles. The van der Waals surface area contributed by atoms with Crippen LogP contribution in [0, 0.1) is 38.1 Å². The van der Waals surface area contributed by atoms with Gasteiger partial charge >= 0.3 is 0 Å². The van der Waals surface area contributed by atoms with Crippen LogP contribution < -0.4 is 5.43 Å². The standard InChI is InChI=1S/C17H14O/c1-15-9-4-3-5-13-17(18)14-8-12-16(2)11-7-6-10-15/h3-5,8-9,12-14H,1-2H3. The van der Waals surface area contributed by atoms with Crippen LogP contribution in [0.4, 0.5) is 0 Å². The second-order valence-electron chi connectivity index (χ2n) is 3.70. The molecule has 0 aliphatic rings. The van der Waals surface area contributed by atoms with E-state index < -0.39 is 0 Å². The van der Waals surface area contributed by atoms with Crippen LogP contribution in [-0.4, -0.2) is 0 Å². The molecule has 88 valence electrons. The Morgan fingerprint density at radius 3 is 1.89 bits per heavy atom. The zero-order chi connectivity index (χ0) is 13.2. The summed E-state index contributed by atoms with van der Waals surface area (Å²) in [5.74, 6) is 0. The van der Waals surface area contributed by atoms with Crippen molar-refractivity contribution < 1.29 is 0 Å². The summed E-state index contributed by atoms with van der Waals surface area (Å²) in [6, 6.07) is 25.1. The highest BCUT2D eigenvalue weighted by molar-refractivity contribution is 5.05. The molecule has 1 rings (SSSR count). The van der Waals surface area contributed by atoms with E-state index in [0.717, 1.165) is 11.1 Å². The molecule has 0 saturated carbocycles. The molecule has 0 fully saturated rings. The first-order valence-electron chi connectivity index (χ1n) is 5.61. The summed E-state index contributed by atoms with van der Waals surface area (Å²) in [7, 11) is 0. The highest BCUT2D eigenvalue weighted by Crippen LogP contribution is 1.84. The average molecular weight is 234 g/mol.